The molecule has 2 N–H and O–H groups in total. The number of aryl methyl sites for hydroxylation is 1. The lowest BCUT2D eigenvalue weighted by atomic mass is 10.00. The zero-order valence-corrected chi connectivity index (χ0v) is 9.49. The highest BCUT2D eigenvalue weighted by Gasteiger charge is 2.29. The topological polar surface area (TPSA) is 35.2 Å². The van der Waals surface area contributed by atoms with E-state index in [9.17, 15) is 0 Å². The van der Waals surface area contributed by atoms with Crippen LogP contribution in [-0.2, 0) is 6.42 Å². The first-order valence-electron chi connectivity index (χ1n) is 5.60. The van der Waals surface area contributed by atoms with Gasteiger partial charge in [-0.15, -0.1) is 0 Å². The summed E-state index contributed by atoms with van der Waals surface area (Å²) in [6.45, 7) is 2.07. The Bertz CT molecular complexity index is 344. The Morgan fingerprint density at radius 3 is 2.80 bits per heavy atom. The number of para-hydroxylation sites is 1. The molecule has 1 aromatic carbocycles. The van der Waals surface area contributed by atoms with E-state index in [2.05, 4.69) is 25.1 Å². The summed E-state index contributed by atoms with van der Waals surface area (Å²) >= 11 is 0. The molecule has 0 radical (unpaired) electrons. The summed E-state index contributed by atoms with van der Waals surface area (Å²) in [7, 11) is 1.73. The molecule has 0 amide bonds. The van der Waals surface area contributed by atoms with Crippen molar-refractivity contribution in [1.29, 1.82) is 0 Å². The van der Waals surface area contributed by atoms with Crippen molar-refractivity contribution in [2.24, 2.45) is 11.7 Å². The SMILES string of the molecule is COc1c(C)cccc1CC(N)C1CC1. The zero-order valence-electron chi connectivity index (χ0n) is 9.49. The highest BCUT2D eigenvalue weighted by Crippen LogP contribution is 2.34. The van der Waals surface area contributed by atoms with Crippen molar-refractivity contribution < 1.29 is 4.74 Å². The average Bonchev–Trinajstić information content (AvgIpc) is 3.01. The molecule has 1 atom stereocenters. The molecule has 0 saturated heterocycles. The summed E-state index contributed by atoms with van der Waals surface area (Å²) in [5, 5.41) is 0. The lowest BCUT2D eigenvalue weighted by Crippen LogP contribution is -2.25. The maximum atomic E-state index is 6.13. The van der Waals surface area contributed by atoms with Crippen LogP contribution in [0.15, 0.2) is 18.2 Å². The van der Waals surface area contributed by atoms with Crippen LogP contribution in [0, 0.1) is 12.8 Å². The third-order valence-electron chi connectivity index (χ3n) is 3.18. The number of rotatable bonds is 4. The van der Waals surface area contributed by atoms with E-state index in [0.717, 1.165) is 18.1 Å². The largest absolute Gasteiger partial charge is 0.496 e. The maximum absolute atomic E-state index is 6.13. The van der Waals surface area contributed by atoms with E-state index in [1.807, 2.05) is 0 Å². The first-order valence-corrected chi connectivity index (χ1v) is 5.60. The van der Waals surface area contributed by atoms with E-state index in [1.54, 1.807) is 7.11 Å². The molecule has 1 saturated carbocycles. The van der Waals surface area contributed by atoms with Crippen LogP contribution in [0.5, 0.6) is 5.75 Å². The van der Waals surface area contributed by atoms with Crippen molar-refractivity contribution >= 4 is 0 Å². The summed E-state index contributed by atoms with van der Waals surface area (Å²) in [6, 6.07) is 6.58. The summed E-state index contributed by atoms with van der Waals surface area (Å²) in [5.74, 6) is 1.75. The Balaban J connectivity index is 2.15. The molecule has 2 nitrogen and oxygen atoms in total. The number of benzene rings is 1. The van der Waals surface area contributed by atoms with Crippen molar-refractivity contribution in [2.45, 2.75) is 32.2 Å². The molecule has 0 spiro atoms. The average molecular weight is 205 g/mol. The lowest BCUT2D eigenvalue weighted by molar-refractivity contribution is 0.403. The smallest absolute Gasteiger partial charge is 0.125 e. The Kier molecular flexibility index (Phi) is 2.96. The highest BCUT2D eigenvalue weighted by atomic mass is 16.5. The fraction of sp³-hybridized carbons (Fsp3) is 0.538. The second-order valence-electron chi connectivity index (χ2n) is 4.47. The molecule has 0 aliphatic heterocycles. The van der Waals surface area contributed by atoms with Crippen molar-refractivity contribution in [3.8, 4) is 5.75 Å². The Morgan fingerprint density at radius 2 is 2.20 bits per heavy atom. The van der Waals surface area contributed by atoms with E-state index in [0.29, 0.717) is 6.04 Å². The van der Waals surface area contributed by atoms with Crippen LogP contribution in [0.4, 0.5) is 0 Å². The van der Waals surface area contributed by atoms with Gasteiger partial charge in [0, 0.05) is 6.04 Å². The standard InChI is InChI=1S/C13H19NO/c1-9-4-3-5-11(13(9)15-2)8-12(14)10-6-7-10/h3-5,10,12H,6-8,14H2,1-2H3. The van der Waals surface area contributed by atoms with E-state index >= 15 is 0 Å². The first-order chi connectivity index (χ1) is 7.22. The van der Waals surface area contributed by atoms with Crippen molar-refractivity contribution in [1.82, 2.24) is 0 Å². The number of hydrogen-bond acceptors (Lipinski definition) is 2. The van der Waals surface area contributed by atoms with Gasteiger partial charge < -0.3 is 10.5 Å². The van der Waals surface area contributed by atoms with Gasteiger partial charge in [-0.25, -0.2) is 0 Å². The van der Waals surface area contributed by atoms with Gasteiger partial charge in [-0.2, -0.15) is 0 Å². The molecular formula is C13H19NO. The highest BCUT2D eigenvalue weighted by molar-refractivity contribution is 5.41. The fourth-order valence-electron chi connectivity index (χ4n) is 2.11. The number of hydrogen-bond donors (Lipinski definition) is 1. The molecule has 2 rings (SSSR count). The van der Waals surface area contributed by atoms with Crippen molar-refractivity contribution in [2.75, 3.05) is 7.11 Å². The van der Waals surface area contributed by atoms with Crippen LogP contribution in [0.25, 0.3) is 0 Å². The predicted molar refractivity (Wildman–Crippen MR) is 62.1 cm³/mol. The molecule has 0 aromatic heterocycles. The fourth-order valence-corrected chi connectivity index (χ4v) is 2.11. The Morgan fingerprint density at radius 1 is 1.47 bits per heavy atom. The number of ether oxygens (including phenoxy) is 1. The van der Waals surface area contributed by atoms with E-state index in [1.165, 1.54) is 24.0 Å². The minimum absolute atomic E-state index is 0.306. The quantitative estimate of drug-likeness (QED) is 0.818. The maximum Gasteiger partial charge on any atom is 0.125 e. The molecular weight excluding hydrogens is 186 g/mol. The second-order valence-corrected chi connectivity index (χ2v) is 4.47. The van der Waals surface area contributed by atoms with Crippen molar-refractivity contribution in [3.05, 3.63) is 29.3 Å². The van der Waals surface area contributed by atoms with Gasteiger partial charge >= 0.3 is 0 Å². The number of methoxy groups -OCH3 is 1. The minimum Gasteiger partial charge on any atom is -0.496 e. The zero-order chi connectivity index (χ0) is 10.8. The number of nitrogens with two attached hydrogens (primary N) is 1. The second kappa shape index (κ2) is 4.23. The summed E-state index contributed by atoms with van der Waals surface area (Å²) < 4.78 is 5.42. The van der Waals surface area contributed by atoms with Gasteiger partial charge in [0.25, 0.3) is 0 Å². The molecule has 1 fully saturated rings. The molecule has 0 heterocycles. The van der Waals surface area contributed by atoms with E-state index in [4.69, 9.17) is 10.5 Å². The lowest BCUT2D eigenvalue weighted by Gasteiger charge is -2.15. The molecule has 0 bridgehead atoms. The van der Waals surface area contributed by atoms with Crippen LogP contribution in [0.1, 0.15) is 24.0 Å². The van der Waals surface area contributed by atoms with Crippen LogP contribution in [-0.4, -0.2) is 13.2 Å². The van der Waals surface area contributed by atoms with Gasteiger partial charge in [0.05, 0.1) is 7.11 Å². The third kappa shape index (κ3) is 2.32. The molecule has 15 heavy (non-hydrogen) atoms. The van der Waals surface area contributed by atoms with Gasteiger partial charge in [0.2, 0.25) is 0 Å². The Labute approximate surface area is 91.4 Å². The summed E-state index contributed by atoms with van der Waals surface area (Å²) in [5.41, 5.74) is 8.57. The molecule has 82 valence electrons. The van der Waals surface area contributed by atoms with Gasteiger partial charge in [-0.1, -0.05) is 18.2 Å². The van der Waals surface area contributed by atoms with Crippen LogP contribution in [0.3, 0.4) is 0 Å². The van der Waals surface area contributed by atoms with Gasteiger partial charge in [0.15, 0.2) is 0 Å². The first kappa shape index (κ1) is 10.5. The van der Waals surface area contributed by atoms with Crippen LogP contribution < -0.4 is 10.5 Å². The predicted octanol–water partition coefficient (Wildman–Crippen LogP) is 2.28. The molecule has 1 aliphatic carbocycles. The molecule has 2 heteroatoms. The Hall–Kier alpha value is -1.02. The monoisotopic (exact) mass is 205 g/mol. The van der Waals surface area contributed by atoms with Gasteiger partial charge in [-0.05, 0) is 43.2 Å². The van der Waals surface area contributed by atoms with Gasteiger partial charge in [-0.3, -0.25) is 0 Å². The van der Waals surface area contributed by atoms with Gasteiger partial charge in [0.1, 0.15) is 5.75 Å². The van der Waals surface area contributed by atoms with Crippen LogP contribution >= 0.6 is 0 Å². The summed E-state index contributed by atoms with van der Waals surface area (Å²) in [4.78, 5) is 0. The third-order valence-corrected chi connectivity index (χ3v) is 3.18. The van der Waals surface area contributed by atoms with Crippen LogP contribution in [0.2, 0.25) is 0 Å². The normalized spacial score (nSPS) is 17.5. The van der Waals surface area contributed by atoms with Crippen molar-refractivity contribution in [3.63, 3.8) is 0 Å². The van der Waals surface area contributed by atoms with E-state index in [-0.39, 0.29) is 0 Å². The molecule has 1 aliphatic rings. The minimum atomic E-state index is 0.306. The summed E-state index contributed by atoms with van der Waals surface area (Å²) in [6.07, 6.45) is 3.54. The molecule has 1 unspecified atom stereocenters. The molecule has 1 aromatic rings. The van der Waals surface area contributed by atoms with E-state index < -0.39 is 0 Å².